The number of nitrogens with one attached hydrogen (secondary N) is 1. The maximum absolute atomic E-state index is 12.3. The summed E-state index contributed by atoms with van der Waals surface area (Å²) in [6, 6.07) is 12.6. The molecule has 222 valence electrons. The van der Waals surface area contributed by atoms with Gasteiger partial charge < -0.3 is 33.8 Å². The highest BCUT2D eigenvalue weighted by atomic mass is 16.7. The van der Waals surface area contributed by atoms with Crippen LogP contribution in [0.4, 0.5) is 0 Å². The van der Waals surface area contributed by atoms with Gasteiger partial charge in [0.25, 0.3) is 5.56 Å². The first-order valence-corrected chi connectivity index (χ1v) is 13.2. The number of ether oxygens (including phenoxy) is 5. The molecule has 0 aliphatic carbocycles. The van der Waals surface area contributed by atoms with E-state index in [2.05, 4.69) is 4.98 Å². The molecule has 2 N–H and O–H groups in total. The lowest BCUT2D eigenvalue weighted by Gasteiger charge is -2.44. The smallest absolute Gasteiger partial charge is 0.304 e. The summed E-state index contributed by atoms with van der Waals surface area (Å²) in [5.41, 5.74) is 2.06. The van der Waals surface area contributed by atoms with Crippen LogP contribution in [0.5, 0.6) is 5.75 Å². The molecular formula is C30H31NO11. The fraction of sp³-hybridized carbons (Fsp3) is 0.367. The van der Waals surface area contributed by atoms with Crippen LogP contribution in [0, 0.1) is 12.8 Å². The molecule has 2 heterocycles. The molecule has 0 radical (unpaired) electrons. The van der Waals surface area contributed by atoms with Gasteiger partial charge in [0.05, 0.1) is 12.3 Å². The number of carbonyl (C=O) groups excluding carboxylic acids is 3. The third-order valence-electron chi connectivity index (χ3n) is 6.76. The molecule has 1 saturated heterocycles. The van der Waals surface area contributed by atoms with E-state index in [4.69, 9.17) is 23.7 Å². The third-order valence-corrected chi connectivity index (χ3v) is 6.76. The van der Waals surface area contributed by atoms with Crippen molar-refractivity contribution < 1.29 is 48.0 Å². The molecule has 0 saturated carbocycles. The van der Waals surface area contributed by atoms with E-state index in [1.54, 1.807) is 31.3 Å². The summed E-state index contributed by atoms with van der Waals surface area (Å²) in [5, 5.41) is 11.0. The first-order valence-electron chi connectivity index (χ1n) is 13.2. The Balaban J connectivity index is 1.68. The van der Waals surface area contributed by atoms with Crippen LogP contribution in [-0.2, 0) is 38.1 Å². The van der Waals surface area contributed by atoms with E-state index < -0.39 is 60.8 Å². The Morgan fingerprint density at radius 2 is 1.57 bits per heavy atom. The van der Waals surface area contributed by atoms with Crippen LogP contribution < -0.4 is 10.3 Å². The van der Waals surface area contributed by atoms with Gasteiger partial charge in [-0.3, -0.25) is 24.0 Å². The zero-order valence-electron chi connectivity index (χ0n) is 23.4. The molecule has 1 aliphatic rings. The summed E-state index contributed by atoms with van der Waals surface area (Å²) in [6.45, 7) is 4.87. The van der Waals surface area contributed by atoms with E-state index in [1.807, 2.05) is 24.3 Å². The summed E-state index contributed by atoms with van der Waals surface area (Å²) in [5.74, 6) is -4.09. The van der Waals surface area contributed by atoms with Crippen molar-refractivity contribution in [1.82, 2.24) is 4.98 Å². The molecule has 1 fully saturated rings. The second-order valence-corrected chi connectivity index (χ2v) is 9.96. The fourth-order valence-corrected chi connectivity index (χ4v) is 4.95. The van der Waals surface area contributed by atoms with Crippen molar-refractivity contribution in [3.63, 3.8) is 0 Å². The van der Waals surface area contributed by atoms with Crippen LogP contribution in [0.25, 0.3) is 21.9 Å². The summed E-state index contributed by atoms with van der Waals surface area (Å²) in [4.78, 5) is 62.3. The number of pyridine rings is 1. The van der Waals surface area contributed by atoms with Crippen molar-refractivity contribution in [3.05, 3.63) is 64.6 Å². The Morgan fingerprint density at radius 1 is 0.905 bits per heavy atom. The molecule has 12 heteroatoms. The zero-order chi connectivity index (χ0) is 30.6. The van der Waals surface area contributed by atoms with E-state index in [-0.39, 0.29) is 12.2 Å². The SMILES string of the molecule is CC(=O)OCC1OC(Oc2ccc(-c3ccc4cc[nH]c(=O)c4c3)cc2C)C(CC(=O)O)C(OC(C)=O)C1OC(C)=O. The first kappa shape index (κ1) is 30.3. The van der Waals surface area contributed by atoms with Gasteiger partial charge >= 0.3 is 23.9 Å². The van der Waals surface area contributed by atoms with Crippen molar-refractivity contribution in [2.45, 2.75) is 58.7 Å². The number of hydrogen-bond donors (Lipinski definition) is 2. The minimum absolute atomic E-state index is 0.206. The third kappa shape index (κ3) is 7.13. The molecular weight excluding hydrogens is 550 g/mol. The number of aromatic amines is 1. The highest BCUT2D eigenvalue weighted by molar-refractivity contribution is 5.86. The minimum atomic E-state index is -1.29. The Bertz CT molecular complexity index is 1560. The van der Waals surface area contributed by atoms with Crippen LogP contribution in [-0.4, -0.2) is 65.2 Å². The number of benzene rings is 2. The summed E-state index contributed by atoms with van der Waals surface area (Å²) >= 11 is 0. The molecule has 0 bridgehead atoms. The van der Waals surface area contributed by atoms with Crippen molar-refractivity contribution >= 4 is 34.6 Å². The van der Waals surface area contributed by atoms with Crippen LogP contribution in [0.15, 0.2) is 53.5 Å². The van der Waals surface area contributed by atoms with E-state index >= 15 is 0 Å². The van der Waals surface area contributed by atoms with Crippen molar-refractivity contribution in [3.8, 4) is 16.9 Å². The molecule has 0 amide bonds. The lowest BCUT2D eigenvalue weighted by atomic mass is 9.87. The summed E-state index contributed by atoms with van der Waals surface area (Å²) < 4.78 is 28.2. The molecule has 5 unspecified atom stereocenters. The Morgan fingerprint density at radius 3 is 2.21 bits per heavy atom. The largest absolute Gasteiger partial charge is 0.481 e. The van der Waals surface area contributed by atoms with E-state index in [9.17, 15) is 29.1 Å². The van der Waals surface area contributed by atoms with E-state index in [0.29, 0.717) is 16.7 Å². The molecule has 2 aromatic carbocycles. The summed E-state index contributed by atoms with van der Waals surface area (Å²) in [6.07, 6.45) is -3.94. The zero-order valence-corrected chi connectivity index (χ0v) is 23.4. The number of aliphatic carboxylic acids is 1. The number of esters is 3. The highest BCUT2D eigenvalue weighted by Crippen LogP contribution is 2.36. The van der Waals surface area contributed by atoms with Gasteiger partial charge in [-0.1, -0.05) is 18.2 Å². The number of hydrogen-bond acceptors (Lipinski definition) is 10. The van der Waals surface area contributed by atoms with Gasteiger partial charge in [0.15, 0.2) is 12.2 Å². The molecule has 5 atom stereocenters. The lowest BCUT2D eigenvalue weighted by molar-refractivity contribution is -0.271. The molecule has 12 nitrogen and oxygen atoms in total. The van der Waals surface area contributed by atoms with Gasteiger partial charge in [0.1, 0.15) is 18.5 Å². The molecule has 42 heavy (non-hydrogen) atoms. The van der Waals surface area contributed by atoms with Gasteiger partial charge in [-0.2, -0.15) is 0 Å². The van der Waals surface area contributed by atoms with Gasteiger partial charge in [-0.15, -0.1) is 0 Å². The van der Waals surface area contributed by atoms with Gasteiger partial charge in [0.2, 0.25) is 6.29 Å². The number of H-pyrrole nitrogens is 1. The number of aromatic nitrogens is 1. The van der Waals surface area contributed by atoms with Gasteiger partial charge in [0, 0.05) is 32.4 Å². The average Bonchev–Trinajstić information content (AvgIpc) is 2.91. The van der Waals surface area contributed by atoms with Crippen molar-refractivity contribution in [2.75, 3.05) is 6.61 Å². The predicted molar refractivity (Wildman–Crippen MR) is 148 cm³/mol. The average molecular weight is 582 g/mol. The van der Waals surface area contributed by atoms with Crippen molar-refractivity contribution in [2.24, 2.45) is 5.92 Å². The molecule has 3 aromatic rings. The quantitative estimate of drug-likeness (QED) is 0.281. The highest BCUT2D eigenvalue weighted by Gasteiger charge is 2.52. The molecule has 1 aromatic heterocycles. The molecule has 4 rings (SSSR count). The van der Waals surface area contributed by atoms with Crippen LogP contribution >= 0.6 is 0 Å². The van der Waals surface area contributed by atoms with Crippen LogP contribution in [0.3, 0.4) is 0 Å². The number of carbonyl (C=O) groups is 4. The van der Waals surface area contributed by atoms with Gasteiger partial charge in [-0.05, 0) is 53.3 Å². The maximum Gasteiger partial charge on any atom is 0.304 e. The van der Waals surface area contributed by atoms with Crippen LogP contribution in [0.1, 0.15) is 32.8 Å². The molecule has 0 spiro atoms. The molecule has 1 aliphatic heterocycles. The number of fused-ring (bicyclic) bond motifs is 1. The minimum Gasteiger partial charge on any atom is -0.481 e. The van der Waals surface area contributed by atoms with Crippen LogP contribution in [0.2, 0.25) is 0 Å². The predicted octanol–water partition coefficient (Wildman–Crippen LogP) is 3.12. The Hall–Kier alpha value is -4.71. The number of carboxylic acids is 1. The standard InChI is InChI=1S/C30H31NO11/c1-15-11-20(21-6-5-19-9-10-31-29(37)22(19)12-21)7-8-24(15)41-30-23(13-26(35)36)27(39-17(3)33)28(40-18(4)34)25(42-30)14-38-16(2)32/h5-12,23,25,27-28,30H,13-14H2,1-4H3,(H,31,37)(H,35,36). The topological polar surface area (TPSA) is 168 Å². The monoisotopic (exact) mass is 581 g/mol. The number of aryl methyl sites for hydroxylation is 1. The maximum atomic E-state index is 12.3. The van der Waals surface area contributed by atoms with E-state index in [1.165, 1.54) is 6.92 Å². The number of carboxylic acid groups (broad SMARTS) is 1. The number of rotatable bonds is 9. The lowest BCUT2D eigenvalue weighted by Crippen LogP contribution is -2.60. The Kier molecular flexibility index (Phi) is 9.26. The normalized spacial score (nSPS) is 21.8. The van der Waals surface area contributed by atoms with Gasteiger partial charge in [-0.25, -0.2) is 0 Å². The Labute approximate surface area is 240 Å². The first-order chi connectivity index (χ1) is 19.9. The summed E-state index contributed by atoms with van der Waals surface area (Å²) in [7, 11) is 0. The fourth-order valence-electron chi connectivity index (χ4n) is 4.95. The van der Waals surface area contributed by atoms with Crippen molar-refractivity contribution in [1.29, 1.82) is 0 Å². The second-order valence-electron chi connectivity index (χ2n) is 9.96. The van der Waals surface area contributed by atoms with E-state index in [0.717, 1.165) is 30.4 Å². The second kappa shape index (κ2) is 12.9.